The summed E-state index contributed by atoms with van der Waals surface area (Å²) >= 11 is 0. The Morgan fingerprint density at radius 2 is 1.77 bits per heavy atom. The van der Waals surface area contributed by atoms with E-state index in [1.807, 2.05) is 54.6 Å². The molecule has 272 valence electrons. The molecule has 0 radical (unpaired) electrons. The van der Waals surface area contributed by atoms with Crippen molar-refractivity contribution in [2.24, 2.45) is 5.92 Å². The normalized spacial score (nSPS) is 24.3. The molecule has 3 amide bonds. The summed E-state index contributed by atoms with van der Waals surface area (Å²) in [4.78, 5) is 47.1. The first-order valence-corrected chi connectivity index (χ1v) is 19.2. The molecule has 2 aliphatic heterocycles. The Labute approximate surface area is 302 Å². The summed E-state index contributed by atoms with van der Waals surface area (Å²) in [6.45, 7) is 1.90. The minimum Gasteiger partial charge on any atom is -0.497 e. The van der Waals surface area contributed by atoms with E-state index >= 15 is 0 Å². The number of hydrogen-bond donors (Lipinski definition) is 2. The van der Waals surface area contributed by atoms with Gasteiger partial charge in [-0.3, -0.25) is 14.4 Å². The summed E-state index contributed by atoms with van der Waals surface area (Å²) in [6, 6.07) is 22.3. The van der Waals surface area contributed by atoms with Crippen molar-refractivity contribution in [3.63, 3.8) is 0 Å². The lowest BCUT2D eigenvalue weighted by atomic mass is 10.0. The van der Waals surface area contributed by atoms with Crippen molar-refractivity contribution in [3.8, 4) is 28.5 Å². The molecule has 1 unspecified atom stereocenters. The lowest BCUT2D eigenvalue weighted by molar-refractivity contribution is -0.138. The molecule has 1 aromatic heterocycles. The number of benzene rings is 3. The van der Waals surface area contributed by atoms with Gasteiger partial charge in [-0.1, -0.05) is 61.7 Å². The summed E-state index contributed by atoms with van der Waals surface area (Å²) < 4.78 is 47.1. The molecule has 7 rings (SSSR count). The number of likely N-dealkylation sites (tertiary alicyclic amines) is 1. The lowest BCUT2D eigenvalue weighted by Gasteiger charge is -2.26. The van der Waals surface area contributed by atoms with Crippen LogP contribution in [0.1, 0.15) is 51.9 Å². The molecule has 1 aliphatic carbocycles. The van der Waals surface area contributed by atoms with Gasteiger partial charge in [0.15, 0.2) is 0 Å². The van der Waals surface area contributed by atoms with Crippen molar-refractivity contribution in [3.05, 3.63) is 78.9 Å². The average molecular weight is 727 g/mol. The van der Waals surface area contributed by atoms with Crippen LogP contribution in [0.4, 0.5) is 0 Å². The molecule has 52 heavy (non-hydrogen) atoms. The van der Waals surface area contributed by atoms with Crippen LogP contribution in [-0.2, 0) is 24.4 Å². The molecule has 3 aromatic carbocycles. The first-order valence-electron chi connectivity index (χ1n) is 17.7. The summed E-state index contributed by atoms with van der Waals surface area (Å²) in [6.07, 6.45) is 3.91. The van der Waals surface area contributed by atoms with Gasteiger partial charge in [0.05, 0.1) is 31.5 Å². The van der Waals surface area contributed by atoms with Crippen LogP contribution in [0.15, 0.2) is 83.8 Å². The van der Waals surface area contributed by atoms with E-state index in [4.69, 9.17) is 19.2 Å². The first kappa shape index (κ1) is 35.2. The molecule has 13 heteroatoms. The molecule has 1 saturated carbocycles. The Hall–Kier alpha value is -5.17. The standard InChI is InChI=1S/C39H42N4O8S/c1-25(44)43-24-29(51-35-22-31(26-12-6-5-7-13-26)40-32-20-28(49-2)17-18-30(32)35)21-33(43)37(45)41-39-23-27(39)14-8-3-4-11-19-50-34-15-9-10-16-36(34)52(47,48)42-38(39)46/h5-7,9-10,12-13,15-18,20,22,27,29,33H,3-4,8,11,14,19,21,23-24H2,1-2H3,(H,41,45)(H,42,46)/t27?,29-,33+,39-/m1/s1. The molecular weight excluding hydrogens is 685 g/mol. The highest BCUT2D eigenvalue weighted by Crippen LogP contribution is 2.48. The zero-order valence-electron chi connectivity index (χ0n) is 29.2. The van der Waals surface area contributed by atoms with E-state index in [0.717, 1.165) is 36.6 Å². The number of nitrogens with one attached hydrogen (secondary N) is 2. The highest BCUT2D eigenvalue weighted by Gasteiger charge is 2.62. The third-order valence-electron chi connectivity index (χ3n) is 10.2. The molecular formula is C39H42N4O8S. The summed E-state index contributed by atoms with van der Waals surface area (Å²) in [5.41, 5.74) is 0.809. The number of amides is 3. The first-order chi connectivity index (χ1) is 25.1. The fourth-order valence-electron chi connectivity index (χ4n) is 7.37. The molecule has 3 heterocycles. The van der Waals surface area contributed by atoms with Crippen LogP contribution in [0.2, 0.25) is 0 Å². The summed E-state index contributed by atoms with van der Waals surface area (Å²) in [5.74, 6) is -0.558. The van der Waals surface area contributed by atoms with Gasteiger partial charge in [-0.2, -0.15) is 0 Å². The van der Waals surface area contributed by atoms with Gasteiger partial charge in [-0.15, -0.1) is 0 Å². The topological polar surface area (TPSA) is 153 Å². The number of fused-ring (bicyclic) bond motifs is 3. The van der Waals surface area contributed by atoms with E-state index in [0.29, 0.717) is 42.2 Å². The van der Waals surface area contributed by atoms with E-state index < -0.39 is 39.5 Å². The predicted octanol–water partition coefficient (Wildman–Crippen LogP) is 5.00. The van der Waals surface area contributed by atoms with Gasteiger partial charge in [0.1, 0.15) is 39.8 Å². The fraction of sp³-hybridized carbons (Fsp3) is 0.385. The van der Waals surface area contributed by atoms with Gasteiger partial charge in [0.25, 0.3) is 15.9 Å². The van der Waals surface area contributed by atoms with E-state index in [1.54, 1.807) is 25.3 Å². The summed E-state index contributed by atoms with van der Waals surface area (Å²) in [7, 11) is -2.74. The van der Waals surface area contributed by atoms with Crippen LogP contribution in [0.5, 0.6) is 17.2 Å². The second kappa shape index (κ2) is 14.5. The number of pyridine rings is 1. The molecule has 12 nitrogen and oxygen atoms in total. The van der Waals surface area contributed by atoms with Gasteiger partial charge in [-0.25, -0.2) is 18.1 Å². The van der Waals surface area contributed by atoms with Gasteiger partial charge >= 0.3 is 0 Å². The van der Waals surface area contributed by atoms with Crippen molar-refractivity contribution in [2.75, 3.05) is 20.3 Å². The monoisotopic (exact) mass is 726 g/mol. The highest BCUT2D eigenvalue weighted by atomic mass is 32.2. The summed E-state index contributed by atoms with van der Waals surface area (Å²) in [5, 5.41) is 3.67. The average Bonchev–Trinajstić information content (AvgIpc) is 3.67. The predicted molar refractivity (Wildman–Crippen MR) is 193 cm³/mol. The van der Waals surface area contributed by atoms with Crippen LogP contribution in [0.3, 0.4) is 0 Å². The SMILES string of the molecule is COc1ccc2c(O[C@@H]3C[C@@H](C(=O)N[C@]45CC4CCCCCCOc4ccccc4S(=O)(=O)NC5=O)N(C(C)=O)C3)cc(-c3ccccc3)nc2c1. The number of carbonyl (C=O) groups excluding carboxylic acids is 3. The van der Waals surface area contributed by atoms with E-state index in [1.165, 1.54) is 17.9 Å². The Morgan fingerprint density at radius 1 is 1.00 bits per heavy atom. The Balaban J connectivity index is 1.14. The zero-order chi connectivity index (χ0) is 36.5. The number of rotatable bonds is 6. The molecule has 3 aliphatic rings. The van der Waals surface area contributed by atoms with Crippen LogP contribution < -0.4 is 24.2 Å². The van der Waals surface area contributed by atoms with Gasteiger partial charge in [0, 0.05) is 36.4 Å². The maximum Gasteiger partial charge on any atom is 0.267 e. The number of ether oxygens (including phenoxy) is 3. The number of hydrogen-bond acceptors (Lipinski definition) is 9. The fourth-order valence-corrected chi connectivity index (χ4v) is 8.56. The van der Waals surface area contributed by atoms with E-state index in [-0.39, 0.29) is 35.4 Å². The quantitative estimate of drug-likeness (QED) is 0.280. The Kier molecular flexibility index (Phi) is 9.80. The molecule has 0 spiro atoms. The van der Waals surface area contributed by atoms with E-state index in [2.05, 4.69) is 10.0 Å². The van der Waals surface area contributed by atoms with Gasteiger partial charge in [0.2, 0.25) is 11.8 Å². The van der Waals surface area contributed by atoms with Crippen molar-refractivity contribution in [1.29, 1.82) is 0 Å². The molecule has 4 aromatic rings. The Bertz CT molecular complexity index is 2110. The van der Waals surface area contributed by atoms with Crippen molar-refractivity contribution < 1.29 is 37.0 Å². The number of para-hydroxylation sites is 1. The van der Waals surface area contributed by atoms with Gasteiger partial charge < -0.3 is 24.4 Å². The molecule has 2 fully saturated rings. The van der Waals surface area contributed by atoms with Crippen molar-refractivity contribution in [2.45, 2.75) is 74.4 Å². The minimum absolute atomic E-state index is 0.141. The Morgan fingerprint density at radius 3 is 2.56 bits per heavy atom. The number of carbonyl (C=O) groups is 3. The molecule has 2 N–H and O–H groups in total. The largest absolute Gasteiger partial charge is 0.497 e. The number of methoxy groups -OCH3 is 1. The second-order valence-electron chi connectivity index (χ2n) is 13.7. The second-order valence-corrected chi connectivity index (χ2v) is 15.4. The number of nitrogens with zero attached hydrogens (tertiary/aromatic N) is 2. The van der Waals surface area contributed by atoms with Crippen LogP contribution in [0, 0.1) is 5.92 Å². The zero-order valence-corrected chi connectivity index (χ0v) is 30.0. The van der Waals surface area contributed by atoms with E-state index in [9.17, 15) is 22.8 Å². The van der Waals surface area contributed by atoms with Crippen molar-refractivity contribution >= 4 is 38.6 Å². The molecule has 0 bridgehead atoms. The lowest BCUT2D eigenvalue weighted by Crippen LogP contribution is -2.56. The highest BCUT2D eigenvalue weighted by molar-refractivity contribution is 7.90. The van der Waals surface area contributed by atoms with Gasteiger partial charge in [-0.05, 0) is 49.4 Å². The van der Waals surface area contributed by atoms with Crippen LogP contribution in [-0.4, -0.2) is 74.0 Å². The van der Waals surface area contributed by atoms with Crippen molar-refractivity contribution in [1.82, 2.24) is 19.9 Å². The van der Waals surface area contributed by atoms with Crippen LogP contribution in [0.25, 0.3) is 22.2 Å². The molecule has 1 saturated heterocycles. The maximum atomic E-state index is 14.1. The number of aromatic nitrogens is 1. The van der Waals surface area contributed by atoms with Crippen LogP contribution >= 0.6 is 0 Å². The smallest absolute Gasteiger partial charge is 0.267 e. The third-order valence-corrected chi connectivity index (χ3v) is 11.6. The number of sulfonamides is 1. The molecule has 4 atom stereocenters. The minimum atomic E-state index is -4.33. The maximum absolute atomic E-state index is 14.1. The third kappa shape index (κ3) is 7.14.